The topological polar surface area (TPSA) is 66.3 Å². The molecule has 3 rings (SSSR count). The van der Waals surface area contributed by atoms with E-state index in [0.29, 0.717) is 19.5 Å². The van der Waals surface area contributed by atoms with Crippen LogP contribution in [0.25, 0.3) is 0 Å². The van der Waals surface area contributed by atoms with Gasteiger partial charge in [-0.1, -0.05) is 0 Å². The minimum absolute atomic E-state index is 0.107. The standard InChI is InChI=1S/C20H30N4O3/c1-27-18-7-5-17(6-8-18)23-14-12-22(13-15-23)16-19(25)21-9-3-11-24-10-2-4-20(24)26/h5-8H,2-4,9-16H2,1H3,(H,21,25)/p+1. The summed E-state index contributed by atoms with van der Waals surface area (Å²) in [6.07, 6.45) is 2.48. The van der Waals surface area contributed by atoms with E-state index in [-0.39, 0.29) is 11.8 Å². The summed E-state index contributed by atoms with van der Waals surface area (Å²) in [6, 6.07) is 8.14. The number of carbonyl (C=O) groups is 2. The lowest BCUT2D eigenvalue weighted by molar-refractivity contribution is -0.892. The number of methoxy groups -OCH3 is 1. The van der Waals surface area contributed by atoms with Crippen molar-refractivity contribution in [1.29, 1.82) is 0 Å². The number of rotatable bonds is 8. The van der Waals surface area contributed by atoms with Crippen LogP contribution in [-0.4, -0.2) is 76.2 Å². The molecule has 7 heteroatoms. The molecule has 1 aromatic rings. The van der Waals surface area contributed by atoms with E-state index in [4.69, 9.17) is 4.74 Å². The Hall–Kier alpha value is -2.28. The van der Waals surface area contributed by atoms with Gasteiger partial charge < -0.3 is 24.8 Å². The van der Waals surface area contributed by atoms with Gasteiger partial charge in [0.15, 0.2) is 6.54 Å². The van der Waals surface area contributed by atoms with Gasteiger partial charge in [-0.3, -0.25) is 9.59 Å². The lowest BCUT2D eigenvalue weighted by Gasteiger charge is -2.33. The quantitative estimate of drug-likeness (QED) is 0.603. The Balaban J connectivity index is 1.31. The number of nitrogens with zero attached hydrogens (tertiary/aromatic N) is 2. The maximum atomic E-state index is 12.2. The Kier molecular flexibility index (Phi) is 6.92. The van der Waals surface area contributed by atoms with Gasteiger partial charge in [0.1, 0.15) is 5.75 Å². The number of benzene rings is 1. The maximum absolute atomic E-state index is 12.2. The number of nitrogens with one attached hydrogen (secondary N) is 2. The third kappa shape index (κ3) is 5.60. The number of quaternary nitrogens is 1. The first-order valence-electron chi connectivity index (χ1n) is 9.93. The molecular formula is C20H31N4O3+. The van der Waals surface area contributed by atoms with Crippen LogP contribution >= 0.6 is 0 Å². The highest BCUT2D eigenvalue weighted by Gasteiger charge is 2.22. The van der Waals surface area contributed by atoms with Crippen LogP contribution in [0.15, 0.2) is 24.3 Å². The van der Waals surface area contributed by atoms with E-state index in [1.807, 2.05) is 17.0 Å². The molecule has 0 bridgehead atoms. The van der Waals surface area contributed by atoms with E-state index in [2.05, 4.69) is 22.3 Å². The van der Waals surface area contributed by atoms with Gasteiger partial charge in [-0.2, -0.15) is 0 Å². The summed E-state index contributed by atoms with van der Waals surface area (Å²) < 4.78 is 5.21. The van der Waals surface area contributed by atoms with Gasteiger partial charge in [0.2, 0.25) is 5.91 Å². The first-order valence-corrected chi connectivity index (χ1v) is 9.93. The summed E-state index contributed by atoms with van der Waals surface area (Å²) in [4.78, 5) is 29.3. The van der Waals surface area contributed by atoms with Crippen LogP contribution in [0.3, 0.4) is 0 Å². The van der Waals surface area contributed by atoms with Crippen LogP contribution in [0, 0.1) is 0 Å². The first kappa shape index (κ1) is 19.5. The van der Waals surface area contributed by atoms with Crippen LogP contribution in [0.2, 0.25) is 0 Å². The zero-order chi connectivity index (χ0) is 19.1. The van der Waals surface area contributed by atoms with Gasteiger partial charge in [-0.15, -0.1) is 0 Å². The Labute approximate surface area is 161 Å². The van der Waals surface area contributed by atoms with Crippen LogP contribution < -0.4 is 19.9 Å². The number of amides is 2. The van der Waals surface area contributed by atoms with E-state index < -0.39 is 0 Å². The average Bonchev–Trinajstić information content (AvgIpc) is 3.11. The Morgan fingerprint density at radius 3 is 2.56 bits per heavy atom. The molecule has 0 saturated carbocycles. The van der Waals surface area contributed by atoms with Crippen LogP contribution in [-0.2, 0) is 9.59 Å². The predicted octanol–water partition coefficient (Wildman–Crippen LogP) is -0.471. The molecule has 0 aliphatic carbocycles. The molecule has 2 heterocycles. The Bertz CT molecular complexity index is 627. The predicted molar refractivity (Wildman–Crippen MR) is 104 cm³/mol. The number of likely N-dealkylation sites (tertiary alicyclic amines) is 1. The second-order valence-electron chi connectivity index (χ2n) is 7.30. The minimum Gasteiger partial charge on any atom is -0.497 e. The largest absolute Gasteiger partial charge is 0.497 e. The molecule has 2 saturated heterocycles. The van der Waals surface area contributed by atoms with Crippen molar-refractivity contribution in [2.75, 3.05) is 64.4 Å². The van der Waals surface area contributed by atoms with E-state index >= 15 is 0 Å². The minimum atomic E-state index is 0.107. The molecule has 2 N–H and O–H groups in total. The number of piperazine rings is 1. The lowest BCUT2D eigenvalue weighted by atomic mass is 10.2. The molecule has 7 nitrogen and oxygen atoms in total. The molecule has 0 aromatic heterocycles. The molecule has 1 aromatic carbocycles. The number of hydrogen-bond donors (Lipinski definition) is 2. The molecule has 0 spiro atoms. The second-order valence-corrected chi connectivity index (χ2v) is 7.30. The normalized spacial score (nSPS) is 18.0. The molecule has 0 radical (unpaired) electrons. The highest BCUT2D eigenvalue weighted by molar-refractivity contribution is 5.78. The van der Waals surface area contributed by atoms with Crippen molar-refractivity contribution >= 4 is 17.5 Å². The van der Waals surface area contributed by atoms with Crippen molar-refractivity contribution in [1.82, 2.24) is 10.2 Å². The summed E-state index contributed by atoms with van der Waals surface area (Å²) in [6.45, 7) is 6.62. The van der Waals surface area contributed by atoms with E-state index in [9.17, 15) is 9.59 Å². The molecule has 2 fully saturated rings. The van der Waals surface area contributed by atoms with Crippen molar-refractivity contribution in [2.24, 2.45) is 0 Å². The van der Waals surface area contributed by atoms with Crippen molar-refractivity contribution in [3.05, 3.63) is 24.3 Å². The molecule has 2 aliphatic rings. The zero-order valence-electron chi connectivity index (χ0n) is 16.2. The number of ether oxygens (including phenoxy) is 1. The smallest absolute Gasteiger partial charge is 0.275 e. The number of hydrogen-bond acceptors (Lipinski definition) is 4. The molecule has 0 unspecified atom stereocenters. The number of anilines is 1. The zero-order valence-corrected chi connectivity index (χ0v) is 16.2. The number of carbonyl (C=O) groups excluding carboxylic acids is 2. The highest BCUT2D eigenvalue weighted by Crippen LogP contribution is 2.18. The SMILES string of the molecule is COc1ccc(N2CC[NH+](CC(=O)NCCCN3CCCC3=O)CC2)cc1. The second kappa shape index (κ2) is 9.60. The molecule has 2 aliphatic heterocycles. The monoisotopic (exact) mass is 375 g/mol. The molecule has 2 amide bonds. The van der Waals surface area contributed by atoms with Crippen molar-refractivity contribution in [2.45, 2.75) is 19.3 Å². The summed E-state index contributed by atoms with van der Waals surface area (Å²) in [5.41, 5.74) is 1.20. The molecule has 148 valence electrons. The van der Waals surface area contributed by atoms with Crippen LogP contribution in [0.4, 0.5) is 5.69 Å². The van der Waals surface area contributed by atoms with Crippen LogP contribution in [0.5, 0.6) is 5.75 Å². The summed E-state index contributed by atoms with van der Waals surface area (Å²) in [7, 11) is 1.67. The third-order valence-corrected chi connectivity index (χ3v) is 5.42. The first-order chi connectivity index (χ1) is 13.2. The van der Waals surface area contributed by atoms with Gasteiger partial charge in [0, 0.05) is 31.7 Å². The molecular weight excluding hydrogens is 344 g/mol. The lowest BCUT2D eigenvalue weighted by Crippen LogP contribution is -3.15. The highest BCUT2D eigenvalue weighted by atomic mass is 16.5. The maximum Gasteiger partial charge on any atom is 0.275 e. The Morgan fingerprint density at radius 1 is 1.19 bits per heavy atom. The van der Waals surface area contributed by atoms with E-state index in [0.717, 1.165) is 57.9 Å². The van der Waals surface area contributed by atoms with Crippen molar-refractivity contribution in [3.8, 4) is 5.75 Å². The van der Waals surface area contributed by atoms with Gasteiger partial charge in [-0.25, -0.2) is 0 Å². The van der Waals surface area contributed by atoms with Crippen molar-refractivity contribution < 1.29 is 19.2 Å². The van der Waals surface area contributed by atoms with E-state index in [1.165, 1.54) is 10.6 Å². The average molecular weight is 375 g/mol. The fourth-order valence-electron chi connectivity index (χ4n) is 3.78. The summed E-state index contributed by atoms with van der Waals surface area (Å²) in [5, 5.41) is 3.00. The summed E-state index contributed by atoms with van der Waals surface area (Å²) >= 11 is 0. The molecule has 27 heavy (non-hydrogen) atoms. The Morgan fingerprint density at radius 2 is 1.93 bits per heavy atom. The van der Waals surface area contributed by atoms with Gasteiger partial charge in [0.05, 0.1) is 33.3 Å². The molecule has 0 atom stereocenters. The summed E-state index contributed by atoms with van der Waals surface area (Å²) in [5.74, 6) is 1.23. The van der Waals surface area contributed by atoms with Gasteiger partial charge in [-0.05, 0) is 37.1 Å². The fraction of sp³-hybridized carbons (Fsp3) is 0.600. The van der Waals surface area contributed by atoms with Gasteiger partial charge >= 0.3 is 0 Å². The van der Waals surface area contributed by atoms with Crippen molar-refractivity contribution in [3.63, 3.8) is 0 Å². The van der Waals surface area contributed by atoms with Crippen LogP contribution in [0.1, 0.15) is 19.3 Å². The van der Waals surface area contributed by atoms with Gasteiger partial charge in [0.25, 0.3) is 5.91 Å². The fourth-order valence-corrected chi connectivity index (χ4v) is 3.78. The van der Waals surface area contributed by atoms with E-state index in [1.54, 1.807) is 7.11 Å². The third-order valence-electron chi connectivity index (χ3n) is 5.42.